The zero-order valence-corrected chi connectivity index (χ0v) is 11.2. The number of hydrogen-bond acceptors (Lipinski definition) is 5. The summed E-state index contributed by atoms with van der Waals surface area (Å²) < 4.78 is 45.6. The summed E-state index contributed by atoms with van der Waals surface area (Å²) in [7, 11) is 2.53. The molecule has 0 bridgehead atoms. The van der Waals surface area contributed by atoms with Gasteiger partial charge in [-0.1, -0.05) is 0 Å². The Labute approximate surface area is 118 Å². The van der Waals surface area contributed by atoms with Gasteiger partial charge in [-0.15, -0.1) is 0 Å². The molecule has 0 unspecified atom stereocenters. The van der Waals surface area contributed by atoms with Gasteiger partial charge in [-0.05, 0) is 18.2 Å². The average Bonchev–Trinajstić information content (AvgIpc) is 2.45. The monoisotopic (exact) mass is 303 g/mol. The second-order valence-electron chi connectivity index (χ2n) is 3.81. The fraction of sp³-hybridized carbons (Fsp3) is 0.308. The van der Waals surface area contributed by atoms with E-state index in [4.69, 9.17) is 4.74 Å². The maximum Gasteiger partial charge on any atom is 0.450 e. The van der Waals surface area contributed by atoms with Gasteiger partial charge in [0.05, 0.1) is 26.2 Å². The molecule has 0 amide bonds. The molecule has 0 aliphatic rings. The minimum atomic E-state index is -4.90. The largest absolute Gasteiger partial charge is 0.494 e. The third-order valence-corrected chi connectivity index (χ3v) is 2.42. The zero-order valence-electron chi connectivity index (χ0n) is 11.2. The van der Waals surface area contributed by atoms with Crippen molar-refractivity contribution >= 4 is 23.7 Å². The topological polar surface area (TPSA) is 65.0 Å². The molecule has 0 N–H and O–H groups in total. The van der Waals surface area contributed by atoms with Gasteiger partial charge in [-0.25, -0.2) is 4.79 Å². The van der Waals surface area contributed by atoms with E-state index in [1.807, 2.05) is 0 Å². The number of carbonyl (C=O) groups is 2. The van der Waals surface area contributed by atoms with Crippen molar-refractivity contribution in [3.8, 4) is 5.75 Å². The first kappa shape index (κ1) is 16.7. The lowest BCUT2D eigenvalue weighted by atomic mass is 10.2. The highest BCUT2D eigenvalue weighted by Gasteiger charge is 2.36. The lowest BCUT2D eigenvalue weighted by molar-refractivity contribution is -0.169. The second kappa shape index (κ2) is 6.87. The third kappa shape index (κ3) is 4.59. The highest BCUT2D eigenvalue weighted by atomic mass is 19.4. The summed E-state index contributed by atoms with van der Waals surface area (Å²) in [6, 6.07) is 4.13. The van der Waals surface area contributed by atoms with Crippen LogP contribution < -0.4 is 4.74 Å². The number of alkyl halides is 3. The molecule has 0 atom stereocenters. The van der Waals surface area contributed by atoms with E-state index in [0.717, 1.165) is 6.21 Å². The van der Waals surface area contributed by atoms with Crippen LogP contribution in [0.25, 0.3) is 0 Å². The van der Waals surface area contributed by atoms with Crippen LogP contribution in [0, 0.1) is 0 Å². The van der Waals surface area contributed by atoms with E-state index >= 15 is 0 Å². The molecule has 0 fully saturated rings. The zero-order chi connectivity index (χ0) is 16.0. The summed E-state index contributed by atoms with van der Waals surface area (Å²) in [6.45, 7) is 0. The van der Waals surface area contributed by atoms with E-state index in [0.29, 0.717) is 0 Å². The molecule has 1 rings (SSSR count). The van der Waals surface area contributed by atoms with E-state index in [2.05, 4.69) is 9.73 Å². The second-order valence-corrected chi connectivity index (χ2v) is 3.81. The number of benzene rings is 1. The van der Waals surface area contributed by atoms with Crippen molar-refractivity contribution in [3.63, 3.8) is 0 Å². The molecule has 0 aliphatic heterocycles. The fourth-order valence-electron chi connectivity index (χ4n) is 1.38. The Balaban J connectivity index is 2.95. The molecule has 0 saturated carbocycles. The van der Waals surface area contributed by atoms with Gasteiger partial charge in [0.1, 0.15) is 11.4 Å². The molecule has 0 aromatic heterocycles. The molecule has 1 aromatic carbocycles. The Morgan fingerprint density at radius 1 is 1.29 bits per heavy atom. The predicted octanol–water partition coefficient (Wildman–Crippen LogP) is 2.71. The highest BCUT2D eigenvalue weighted by Crippen LogP contribution is 2.28. The van der Waals surface area contributed by atoms with Crippen LogP contribution in [-0.2, 0) is 9.53 Å². The molecule has 114 valence electrons. The van der Waals surface area contributed by atoms with E-state index in [1.165, 1.54) is 32.4 Å². The Morgan fingerprint density at radius 2 is 1.95 bits per heavy atom. The molecule has 8 heteroatoms. The van der Waals surface area contributed by atoms with Crippen molar-refractivity contribution < 1.29 is 32.2 Å². The predicted molar refractivity (Wildman–Crippen MR) is 68.2 cm³/mol. The van der Waals surface area contributed by atoms with Crippen LogP contribution in [0.4, 0.5) is 18.9 Å². The molecule has 0 saturated heterocycles. The summed E-state index contributed by atoms with van der Waals surface area (Å²) in [6.07, 6.45) is -4.98. The summed E-state index contributed by atoms with van der Waals surface area (Å²) in [4.78, 5) is 25.8. The van der Waals surface area contributed by atoms with Gasteiger partial charge in [-0.3, -0.25) is 9.79 Å². The Bertz CT molecular complexity index is 567. The van der Waals surface area contributed by atoms with Crippen LogP contribution in [0.2, 0.25) is 0 Å². The molecule has 0 heterocycles. The number of ketones is 1. The number of nitrogens with zero attached hydrogens (tertiary/aromatic N) is 1. The third-order valence-electron chi connectivity index (χ3n) is 2.42. The molecule has 21 heavy (non-hydrogen) atoms. The van der Waals surface area contributed by atoms with Gasteiger partial charge in [0.25, 0.3) is 0 Å². The van der Waals surface area contributed by atoms with Crippen molar-refractivity contribution in [1.29, 1.82) is 0 Å². The van der Waals surface area contributed by atoms with Gasteiger partial charge < -0.3 is 9.47 Å². The number of hydrogen-bond donors (Lipinski definition) is 0. The molecule has 0 radical (unpaired) electrons. The lowest BCUT2D eigenvalue weighted by Gasteiger charge is -2.06. The van der Waals surface area contributed by atoms with E-state index < -0.39 is 24.3 Å². The lowest BCUT2D eigenvalue weighted by Crippen LogP contribution is -2.22. The fourth-order valence-corrected chi connectivity index (χ4v) is 1.38. The number of aliphatic imine (C=N–C) groups is 1. The average molecular weight is 303 g/mol. The number of Topliss-reactive ketones (excluding diaryl/α,β-unsaturated/α-hetero) is 1. The van der Waals surface area contributed by atoms with Gasteiger partial charge in [-0.2, -0.15) is 13.2 Å². The van der Waals surface area contributed by atoms with Crippen molar-refractivity contribution in [2.24, 2.45) is 4.99 Å². The normalized spacial score (nSPS) is 11.5. The van der Waals surface area contributed by atoms with E-state index in [-0.39, 0.29) is 17.0 Å². The molecule has 0 spiro atoms. The van der Waals surface area contributed by atoms with Crippen LogP contribution in [0.3, 0.4) is 0 Å². The van der Waals surface area contributed by atoms with Gasteiger partial charge in [0.2, 0.25) is 5.78 Å². The maximum absolute atomic E-state index is 12.0. The number of rotatable bonds is 5. The van der Waals surface area contributed by atoms with Crippen molar-refractivity contribution in [1.82, 2.24) is 0 Å². The summed E-state index contributed by atoms with van der Waals surface area (Å²) in [5.74, 6) is -2.28. The Morgan fingerprint density at radius 3 is 2.48 bits per heavy atom. The molecule has 1 aromatic rings. The summed E-state index contributed by atoms with van der Waals surface area (Å²) in [5.41, 5.74) is 0.281. The quantitative estimate of drug-likeness (QED) is 0.619. The smallest absolute Gasteiger partial charge is 0.450 e. The van der Waals surface area contributed by atoms with Crippen LogP contribution in [0.5, 0.6) is 5.75 Å². The Kier molecular flexibility index (Phi) is 5.45. The Hall–Kier alpha value is -2.38. The number of methoxy groups -OCH3 is 2. The van der Waals surface area contributed by atoms with E-state index in [9.17, 15) is 22.8 Å². The van der Waals surface area contributed by atoms with Crippen molar-refractivity contribution in [2.75, 3.05) is 14.2 Å². The highest BCUT2D eigenvalue weighted by molar-refractivity contribution is 5.96. The van der Waals surface area contributed by atoms with Crippen molar-refractivity contribution in [3.05, 3.63) is 23.8 Å². The minimum absolute atomic E-state index is 0.121. The number of ether oxygens (including phenoxy) is 2. The standard InChI is InChI=1S/C13H12F3NO4/c1-20-10-4-3-8(12(19)21-2)7-9(10)17-6-5-11(18)13(14,15)16/h3-4,6-7H,5H2,1-2H3. The number of carbonyl (C=O) groups excluding carboxylic acids is 2. The van der Waals surface area contributed by atoms with Crippen LogP contribution in [0.1, 0.15) is 16.8 Å². The van der Waals surface area contributed by atoms with Crippen LogP contribution in [0.15, 0.2) is 23.2 Å². The van der Waals surface area contributed by atoms with Gasteiger partial charge >= 0.3 is 12.1 Å². The van der Waals surface area contributed by atoms with Gasteiger partial charge in [0.15, 0.2) is 0 Å². The molecular formula is C13H12F3NO4. The van der Waals surface area contributed by atoms with Crippen molar-refractivity contribution in [2.45, 2.75) is 12.6 Å². The van der Waals surface area contributed by atoms with Crippen LogP contribution >= 0.6 is 0 Å². The van der Waals surface area contributed by atoms with E-state index in [1.54, 1.807) is 0 Å². The summed E-state index contributed by atoms with van der Waals surface area (Å²) >= 11 is 0. The number of esters is 1. The summed E-state index contributed by atoms with van der Waals surface area (Å²) in [5, 5.41) is 0. The molecular weight excluding hydrogens is 291 g/mol. The SMILES string of the molecule is COC(=O)c1ccc(OC)c(N=CCC(=O)C(F)(F)F)c1. The number of halogens is 3. The van der Waals surface area contributed by atoms with Gasteiger partial charge in [0, 0.05) is 6.21 Å². The first-order valence-electron chi connectivity index (χ1n) is 5.68. The maximum atomic E-state index is 12.0. The minimum Gasteiger partial charge on any atom is -0.494 e. The first-order chi connectivity index (χ1) is 9.79. The first-order valence-corrected chi connectivity index (χ1v) is 5.68. The molecule has 5 nitrogen and oxygen atoms in total. The van der Waals surface area contributed by atoms with Crippen LogP contribution in [-0.4, -0.2) is 38.4 Å². The molecule has 0 aliphatic carbocycles.